The zero-order chi connectivity index (χ0) is 11.2. The van der Waals surface area contributed by atoms with E-state index in [-0.39, 0.29) is 24.4 Å². The fourth-order valence-electron chi connectivity index (χ4n) is 1.93. The summed E-state index contributed by atoms with van der Waals surface area (Å²) in [5, 5.41) is 10.2. The topological polar surface area (TPSA) is 59.0 Å². The van der Waals surface area contributed by atoms with E-state index in [0.29, 0.717) is 6.54 Å². The molecule has 0 spiro atoms. The molecule has 1 aromatic heterocycles. The molecule has 0 radical (unpaired) electrons. The van der Waals surface area contributed by atoms with Gasteiger partial charge >= 0.3 is 0 Å². The van der Waals surface area contributed by atoms with E-state index in [1.807, 2.05) is 16.9 Å². The summed E-state index contributed by atoms with van der Waals surface area (Å²) >= 11 is 0. The van der Waals surface area contributed by atoms with Gasteiger partial charge in [0.2, 0.25) is 5.91 Å². The average molecular weight is 259 g/mol. The fraction of sp³-hybridized carbons (Fsp3) is 0.636. The molecule has 0 aliphatic carbocycles. The molecule has 0 aromatic carbocycles. The third-order valence-corrected chi connectivity index (χ3v) is 2.83. The Morgan fingerprint density at radius 3 is 3.06 bits per heavy atom. The molecule has 6 heteroatoms. The van der Waals surface area contributed by atoms with E-state index >= 15 is 0 Å². The maximum atomic E-state index is 11.7. The number of amides is 1. The number of aromatic nitrogens is 2. The van der Waals surface area contributed by atoms with Gasteiger partial charge in [-0.2, -0.15) is 5.10 Å². The maximum Gasteiger partial charge on any atom is 0.237 e. The van der Waals surface area contributed by atoms with Gasteiger partial charge in [0.05, 0.1) is 12.6 Å². The number of hydrogen-bond acceptors (Lipinski definition) is 3. The predicted octanol–water partition coefficient (Wildman–Crippen LogP) is 0.563. The van der Waals surface area contributed by atoms with Crippen LogP contribution in [0, 0.1) is 0 Å². The van der Waals surface area contributed by atoms with Crippen molar-refractivity contribution in [2.24, 2.45) is 0 Å². The maximum absolute atomic E-state index is 11.7. The first kappa shape index (κ1) is 14.0. The largest absolute Gasteiger partial charge is 0.353 e. The molecule has 1 saturated heterocycles. The third-order valence-electron chi connectivity index (χ3n) is 2.83. The molecule has 96 valence electrons. The summed E-state index contributed by atoms with van der Waals surface area (Å²) in [5.41, 5.74) is 0. The van der Waals surface area contributed by atoms with Crippen LogP contribution in [0.5, 0.6) is 0 Å². The van der Waals surface area contributed by atoms with Gasteiger partial charge in [-0.15, -0.1) is 12.4 Å². The highest BCUT2D eigenvalue weighted by molar-refractivity contribution is 5.85. The number of nitrogens with one attached hydrogen (secondary N) is 2. The van der Waals surface area contributed by atoms with Crippen molar-refractivity contribution in [3.63, 3.8) is 0 Å². The van der Waals surface area contributed by atoms with Crippen molar-refractivity contribution < 1.29 is 4.79 Å². The van der Waals surface area contributed by atoms with E-state index in [0.717, 1.165) is 25.9 Å². The number of halogens is 1. The van der Waals surface area contributed by atoms with E-state index < -0.39 is 0 Å². The molecule has 1 amide bonds. The summed E-state index contributed by atoms with van der Waals surface area (Å²) in [5.74, 6) is 0.117. The summed E-state index contributed by atoms with van der Waals surface area (Å²) in [4.78, 5) is 11.7. The number of piperidine rings is 1. The molecule has 0 unspecified atom stereocenters. The zero-order valence-corrected chi connectivity index (χ0v) is 10.6. The van der Waals surface area contributed by atoms with Crippen LogP contribution in [-0.2, 0) is 11.3 Å². The fourth-order valence-corrected chi connectivity index (χ4v) is 1.93. The number of hydrogen-bond donors (Lipinski definition) is 2. The van der Waals surface area contributed by atoms with E-state index in [1.54, 1.807) is 6.20 Å². The first-order valence-corrected chi connectivity index (χ1v) is 5.85. The lowest BCUT2D eigenvalue weighted by atomic mass is 10.0. The van der Waals surface area contributed by atoms with Gasteiger partial charge < -0.3 is 10.6 Å². The molecule has 0 bridgehead atoms. The van der Waals surface area contributed by atoms with E-state index in [9.17, 15) is 4.79 Å². The summed E-state index contributed by atoms with van der Waals surface area (Å²) in [6.07, 6.45) is 6.91. The predicted molar refractivity (Wildman–Crippen MR) is 68.1 cm³/mol. The van der Waals surface area contributed by atoms with Crippen molar-refractivity contribution in [2.45, 2.75) is 31.8 Å². The lowest BCUT2D eigenvalue weighted by molar-refractivity contribution is -0.123. The first-order chi connectivity index (χ1) is 7.86. The average Bonchev–Trinajstić information content (AvgIpc) is 2.83. The Labute approximate surface area is 107 Å². The van der Waals surface area contributed by atoms with Crippen molar-refractivity contribution in [2.75, 3.05) is 13.1 Å². The quantitative estimate of drug-likeness (QED) is 0.830. The minimum atomic E-state index is 0. The second kappa shape index (κ2) is 7.29. The molecular weight excluding hydrogens is 240 g/mol. The van der Waals surface area contributed by atoms with Crippen molar-refractivity contribution in [3.8, 4) is 0 Å². The van der Waals surface area contributed by atoms with Crippen molar-refractivity contribution in [1.82, 2.24) is 20.4 Å². The van der Waals surface area contributed by atoms with Crippen LogP contribution in [0.4, 0.5) is 0 Å². The Morgan fingerprint density at radius 1 is 1.53 bits per heavy atom. The molecule has 1 fully saturated rings. The number of rotatable bonds is 4. The molecule has 2 N–H and O–H groups in total. The Hall–Kier alpha value is -1.07. The van der Waals surface area contributed by atoms with E-state index in [4.69, 9.17) is 0 Å². The summed E-state index contributed by atoms with van der Waals surface area (Å²) in [6.45, 7) is 2.32. The number of carbonyl (C=O) groups is 1. The van der Waals surface area contributed by atoms with Gasteiger partial charge in [0.25, 0.3) is 0 Å². The summed E-state index contributed by atoms with van der Waals surface area (Å²) < 4.78 is 1.81. The van der Waals surface area contributed by atoms with Crippen molar-refractivity contribution in [1.29, 1.82) is 0 Å². The van der Waals surface area contributed by atoms with Crippen LogP contribution in [0.3, 0.4) is 0 Å². The lowest BCUT2D eigenvalue weighted by Crippen LogP contribution is -2.47. The molecule has 2 heterocycles. The highest BCUT2D eigenvalue weighted by Gasteiger charge is 2.19. The highest BCUT2D eigenvalue weighted by atomic mass is 35.5. The molecule has 2 rings (SSSR count). The van der Waals surface area contributed by atoms with E-state index in [2.05, 4.69) is 15.7 Å². The van der Waals surface area contributed by atoms with Gasteiger partial charge in [0.1, 0.15) is 0 Å². The van der Waals surface area contributed by atoms with Crippen LogP contribution in [0.1, 0.15) is 19.3 Å². The molecule has 1 aromatic rings. The smallest absolute Gasteiger partial charge is 0.237 e. The first-order valence-electron chi connectivity index (χ1n) is 5.85. The number of nitrogens with zero attached hydrogens (tertiary/aromatic N) is 2. The van der Waals surface area contributed by atoms with Crippen LogP contribution >= 0.6 is 12.4 Å². The SMILES string of the molecule is Cl.O=C(NCCn1cccn1)[C@@H]1CCCCN1. The normalized spacial score (nSPS) is 19.4. The Morgan fingerprint density at radius 2 is 2.41 bits per heavy atom. The molecule has 1 atom stereocenters. The van der Waals surface area contributed by atoms with Gasteiger partial charge in [0, 0.05) is 18.9 Å². The van der Waals surface area contributed by atoms with E-state index in [1.165, 1.54) is 6.42 Å². The molecule has 1 aliphatic heterocycles. The molecule has 5 nitrogen and oxygen atoms in total. The van der Waals surface area contributed by atoms with Crippen molar-refractivity contribution in [3.05, 3.63) is 18.5 Å². The molecule has 1 aliphatic rings. The highest BCUT2D eigenvalue weighted by Crippen LogP contribution is 2.06. The second-order valence-corrected chi connectivity index (χ2v) is 4.06. The Balaban J connectivity index is 0.00000144. The summed E-state index contributed by atoms with van der Waals surface area (Å²) in [6, 6.07) is 1.89. The van der Waals surface area contributed by atoms with Gasteiger partial charge in [-0.05, 0) is 25.5 Å². The van der Waals surface area contributed by atoms with Crippen LogP contribution < -0.4 is 10.6 Å². The Bertz CT molecular complexity index is 322. The van der Waals surface area contributed by atoms with Gasteiger partial charge in [-0.1, -0.05) is 6.42 Å². The van der Waals surface area contributed by atoms with Crippen molar-refractivity contribution >= 4 is 18.3 Å². The van der Waals surface area contributed by atoms with Gasteiger partial charge in [0.15, 0.2) is 0 Å². The zero-order valence-electron chi connectivity index (χ0n) is 9.76. The minimum absolute atomic E-state index is 0. The number of carbonyl (C=O) groups excluding carboxylic acids is 1. The van der Waals surface area contributed by atoms with Gasteiger partial charge in [-0.25, -0.2) is 0 Å². The minimum Gasteiger partial charge on any atom is -0.353 e. The molecule has 0 saturated carbocycles. The molecular formula is C11H19ClN4O. The lowest BCUT2D eigenvalue weighted by Gasteiger charge is -2.22. The molecule has 17 heavy (non-hydrogen) atoms. The second-order valence-electron chi connectivity index (χ2n) is 4.06. The standard InChI is InChI=1S/C11H18N4O.ClH/c16-11(10-4-1-2-5-12-10)13-7-9-15-8-3-6-14-15;/h3,6,8,10,12H,1-2,4-5,7,9H2,(H,13,16);1H/t10-;/m0./s1. The van der Waals surface area contributed by atoms with Crippen LogP contribution in [0.2, 0.25) is 0 Å². The van der Waals surface area contributed by atoms with Crippen LogP contribution in [-0.4, -0.2) is 34.8 Å². The summed E-state index contributed by atoms with van der Waals surface area (Å²) in [7, 11) is 0. The van der Waals surface area contributed by atoms with Crippen LogP contribution in [0.25, 0.3) is 0 Å². The van der Waals surface area contributed by atoms with Gasteiger partial charge in [-0.3, -0.25) is 9.48 Å². The monoisotopic (exact) mass is 258 g/mol. The third kappa shape index (κ3) is 4.36. The Kier molecular flexibility index (Phi) is 6.00. The van der Waals surface area contributed by atoms with Crippen LogP contribution in [0.15, 0.2) is 18.5 Å².